The van der Waals surface area contributed by atoms with Crippen molar-refractivity contribution in [2.24, 2.45) is 7.05 Å². The first-order valence-corrected chi connectivity index (χ1v) is 4.13. The maximum atomic E-state index is 10.7. The fourth-order valence-corrected chi connectivity index (χ4v) is 1.57. The summed E-state index contributed by atoms with van der Waals surface area (Å²) in [5.74, 6) is -0.799. The van der Waals surface area contributed by atoms with Crippen molar-refractivity contribution in [1.29, 1.82) is 0 Å². The summed E-state index contributed by atoms with van der Waals surface area (Å²) in [6, 6.07) is -0.470. The summed E-state index contributed by atoms with van der Waals surface area (Å²) in [5.41, 5.74) is 1.98. The lowest BCUT2D eigenvalue weighted by Gasteiger charge is -2.20. The Kier molecular flexibility index (Phi) is 3.13. The molecule has 1 aromatic heterocycles. The van der Waals surface area contributed by atoms with Crippen molar-refractivity contribution in [3.63, 3.8) is 0 Å². The number of hydrogen-bond donors (Lipinski definition) is 2. The molecule has 2 heterocycles. The molecule has 1 aromatic rings. The number of halogens is 1. The zero-order valence-electron chi connectivity index (χ0n) is 7.73. The highest BCUT2D eigenvalue weighted by molar-refractivity contribution is 5.85. The first kappa shape index (κ1) is 11.0. The van der Waals surface area contributed by atoms with E-state index in [9.17, 15) is 4.79 Å². The second kappa shape index (κ2) is 3.98. The van der Waals surface area contributed by atoms with Crippen LogP contribution < -0.4 is 5.32 Å². The minimum atomic E-state index is -0.799. The molecule has 0 aliphatic carbocycles. The molecule has 0 radical (unpaired) electrons. The molecule has 0 aromatic carbocycles. The van der Waals surface area contributed by atoms with Crippen LogP contribution in [0.2, 0.25) is 0 Å². The van der Waals surface area contributed by atoms with Gasteiger partial charge < -0.3 is 9.67 Å². The molecule has 1 aliphatic rings. The fraction of sp³-hybridized carbons (Fsp3) is 0.500. The molecule has 0 saturated carbocycles. The molecular formula is C8H12ClN3O2. The minimum Gasteiger partial charge on any atom is -0.480 e. The van der Waals surface area contributed by atoms with E-state index in [-0.39, 0.29) is 12.4 Å². The van der Waals surface area contributed by atoms with Gasteiger partial charge in [0, 0.05) is 25.7 Å². The molecule has 78 valence electrons. The third-order valence-corrected chi connectivity index (χ3v) is 2.36. The summed E-state index contributed by atoms with van der Waals surface area (Å²) >= 11 is 0. The van der Waals surface area contributed by atoms with E-state index in [0.29, 0.717) is 13.0 Å². The van der Waals surface area contributed by atoms with Gasteiger partial charge in [-0.15, -0.1) is 12.4 Å². The average molecular weight is 218 g/mol. The van der Waals surface area contributed by atoms with Crippen molar-refractivity contribution in [2.45, 2.75) is 19.0 Å². The number of fused-ring (bicyclic) bond motifs is 1. The molecule has 0 bridgehead atoms. The number of hydrogen-bond acceptors (Lipinski definition) is 3. The summed E-state index contributed by atoms with van der Waals surface area (Å²) in [5, 5.41) is 11.7. The van der Waals surface area contributed by atoms with E-state index in [1.165, 1.54) is 0 Å². The second-order valence-corrected chi connectivity index (χ2v) is 3.22. The highest BCUT2D eigenvalue weighted by Gasteiger charge is 2.25. The smallest absolute Gasteiger partial charge is 0.321 e. The average Bonchev–Trinajstić information content (AvgIpc) is 2.47. The first-order valence-electron chi connectivity index (χ1n) is 4.13. The molecule has 2 rings (SSSR count). The number of imidazole rings is 1. The number of carboxylic acid groups (broad SMARTS) is 1. The number of aryl methyl sites for hydroxylation is 1. The van der Waals surface area contributed by atoms with Gasteiger partial charge in [0.15, 0.2) is 0 Å². The Balaban J connectivity index is 0.000000980. The molecule has 0 amide bonds. The first-order chi connectivity index (χ1) is 6.18. The molecule has 2 N–H and O–H groups in total. The quantitative estimate of drug-likeness (QED) is 0.692. The van der Waals surface area contributed by atoms with Crippen LogP contribution in [0.3, 0.4) is 0 Å². The largest absolute Gasteiger partial charge is 0.480 e. The van der Waals surface area contributed by atoms with Gasteiger partial charge >= 0.3 is 5.97 Å². The Morgan fingerprint density at radius 1 is 1.79 bits per heavy atom. The van der Waals surface area contributed by atoms with Crippen LogP contribution in [0, 0.1) is 0 Å². The summed E-state index contributed by atoms with van der Waals surface area (Å²) in [4.78, 5) is 14.9. The van der Waals surface area contributed by atoms with Gasteiger partial charge in [-0.2, -0.15) is 0 Å². The van der Waals surface area contributed by atoms with E-state index >= 15 is 0 Å². The fourth-order valence-electron chi connectivity index (χ4n) is 1.57. The van der Waals surface area contributed by atoms with E-state index in [4.69, 9.17) is 5.11 Å². The van der Waals surface area contributed by atoms with Crippen LogP contribution in [-0.4, -0.2) is 26.7 Å². The molecule has 1 aliphatic heterocycles. The molecule has 0 spiro atoms. The lowest BCUT2D eigenvalue weighted by molar-refractivity contribution is -0.139. The topological polar surface area (TPSA) is 67.2 Å². The number of carboxylic acids is 1. The van der Waals surface area contributed by atoms with Gasteiger partial charge in [0.05, 0.1) is 12.0 Å². The summed E-state index contributed by atoms with van der Waals surface area (Å²) < 4.78 is 1.88. The van der Waals surface area contributed by atoms with Crippen LogP contribution in [-0.2, 0) is 24.8 Å². The van der Waals surface area contributed by atoms with Gasteiger partial charge in [0.25, 0.3) is 0 Å². The van der Waals surface area contributed by atoms with Crippen LogP contribution >= 0.6 is 12.4 Å². The highest BCUT2D eigenvalue weighted by atomic mass is 35.5. The van der Waals surface area contributed by atoms with Crippen LogP contribution in [0.4, 0.5) is 0 Å². The number of nitrogens with zero attached hydrogens (tertiary/aromatic N) is 2. The van der Waals surface area contributed by atoms with Gasteiger partial charge in [-0.1, -0.05) is 0 Å². The van der Waals surface area contributed by atoms with Gasteiger partial charge in [-0.05, 0) is 0 Å². The molecule has 14 heavy (non-hydrogen) atoms. The summed E-state index contributed by atoms with van der Waals surface area (Å²) in [7, 11) is 1.88. The second-order valence-electron chi connectivity index (χ2n) is 3.22. The van der Waals surface area contributed by atoms with Crippen molar-refractivity contribution >= 4 is 18.4 Å². The van der Waals surface area contributed by atoms with Gasteiger partial charge in [-0.3, -0.25) is 10.1 Å². The number of aliphatic carboxylic acids is 1. The third kappa shape index (κ3) is 1.73. The molecule has 5 nitrogen and oxygen atoms in total. The van der Waals surface area contributed by atoms with E-state index in [2.05, 4.69) is 10.3 Å². The normalized spacial score (nSPS) is 19.6. The number of carbonyl (C=O) groups is 1. The summed E-state index contributed by atoms with van der Waals surface area (Å²) in [6.07, 6.45) is 2.23. The van der Waals surface area contributed by atoms with Gasteiger partial charge in [-0.25, -0.2) is 4.98 Å². The molecule has 0 saturated heterocycles. The lowest BCUT2D eigenvalue weighted by Crippen LogP contribution is -2.42. The summed E-state index contributed by atoms with van der Waals surface area (Å²) in [6.45, 7) is 0.549. The zero-order chi connectivity index (χ0) is 9.42. The predicted octanol–water partition coefficient (Wildman–Crippen LogP) is -0.0592. The van der Waals surface area contributed by atoms with Crippen molar-refractivity contribution in [2.75, 3.05) is 0 Å². The van der Waals surface area contributed by atoms with Gasteiger partial charge in [0.1, 0.15) is 6.04 Å². The van der Waals surface area contributed by atoms with Crippen LogP contribution in [0.15, 0.2) is 6.33 Å². The third-order valence-electron chi connectivity index (χ3n) is 2.36. The molecule has 1 atom stereocenters. The van der Waals surface area contributed by atoms with E-state index in [1.54, 1.807) is 6.33 Å². The van der Waals surface area contributed by atoms with Gasteiger partial charge in [0.2, 0.25) is 0 Å². The van der Waals surface area contributed by atoms with Crippen LogP contribution in [0.25, 0.3) is 0 Å². The SMILES string of the molecule is Cl.Cn1cnc2c1C[C@@H](C(=O)O)NC2. The molecule has 0 unspecified atom stereocenters. The Labute approximate surface area is 87.5 Å². The number of aromatic nitrogens is 2. The maximum Gasteiger partial charge on any atom is 0.321 e. The highest BCUT2D eigenvalue weighted by Crippen LogP contribution is 2.14. The van der Waals surface area contributed by atoms with Crippen molar-refractivity contribution in [3.8, 4) is 0 Å². The zero-order valence-corrected chi connectivity index (χ0v) is 8.54. The Morgan fingerprint density at radius 2 is 2.50 bits per heavy atom. The van der Waals surface area contributed by atoms with Crippen LogP contribution in [0.5, 0.6) is 0 Å². The van der Waals surface area contributed by atoms with Crippen molar-refractivity contribution in [3.05, 3.63) is 17.7 Å². The van der Waals surface area contributed by atoms with Crippen molar-refractivity contribution < 1.29 is 9.90 Å². The molecular weight excluding hydrogens is 206 g/mol. The minimum absolute atomic E-state index is 0. The standard InChI is InChI=1S/C8H11N3O2.ClH/c1-11-4-10-6-3-9-5(8(12)13)2-7(6)11;/h4-5,9H,2-3H2,1H3,(H,12,13);1H/t5-;/m0./s1. The van der Waals surface area contributed by atoms with E-state index in [0.717, 1.165) is 11.4 Å². The maximum absolute atomic E-state index is 10.7. The lowest BCUT2D eigenvalue weighted by atomic mass is 10.1. The Bertz CT molecular complexity index is 350. The number of nitrogens with one attached hydrogen (secondary N) is 1. The monoisotopic (exact) mass is 217 g/mol. The Hall–Kier alpha value is -1.07. The van der Waals surface area contributed by atoms with Crippen molar-refractivity contribution in [1.82, 2.24) is 14.9 Å². The van der Waals surface area contributed by atoms with E-state index in [1.807, 2.05) is 11.6 Å². The molecule has 0 fully saturated rings. The molecule has 6 heteroatoms. The number of rotatable bonds is 1. The Morgan fingerprint density at radius 3 is 3.14 bits per heavy atom. The van der Waals surface area contributed by atoms with Crippen LogP contribution in [0.1, 0.15) is 11.4 Å². The predicted molar refractivity (Wildman–Crippen MR) is 52.4 cm³/mol. The van der Waals surface area contributed by atoms with E-state index < -0.39 is 12.0 Å².